The normalized spacial score (nSPS) is 12.9. The molecule has 0 aliphatic rings. The molecule has 0 aliphatic heterocycles. The molecular weight excluding hydrogens is 562 g/mol. The maximum atomic E-state index is 13.5. The molecule has 4 N–H and O–H groups in total. The molecule has 15 heteroatoms. The molecule has 3 aromatic rings. The molecule has 3 atom stereocenters. The van der Waals surface area contributed by atoms with Gasteiger partial charge in [-0.3, -0.25) is 15.6 Å². The average molecular weight is 591 g/mol. The SMILES string of the molecule is CCOC(=O)Nc1csc([C@H](Cc2ccc(NOS(=O)[O-])cc2)NC(=O)[C@H](Cc2ccccc2)NC(=O)OC)n1. The van der Waals surface area contributed by atoms with Gasteiger partial charge < -0.3 is 24.7 Å². The van der Waals surface area contributed by atoms with Crippen molar-refractivity contribution in [2.75, 3.05) is 24.5 Å². The second-order valence-electron chi connectivity index (χ2n) is 8.15. The Balaban J connectivity index is 1.83. The summed E-state index contributed by atoms with van der Waals surface area (Å²) in [5.41, 5.74) is 4.28. The fraction of sp³-hybridized carbons (Fsp3) is 0.280. The highest BCUT2D eigenvalue weighted by atomic mass is 32.2. The van der Waals surface area contributed by atoms with Crippen LogP contribution in [0.15, 0.2) is 60.0 Å². The van der Waals surface area contributed by atoms with E-state index >= 15 is 0 Å². The molecule has 1 aromatic heterocycles. The second kappa shape index (κ2) is 15.5. The second-order valence-corrected chi connectivity index (χ2v) is 9.61. The Labute approximate surface area is 237 Å². The predicted octanol–water partition coefficient (Wildman–Crippen LogP) is 3.22. The molecule has 0 spiro atoms. The molecule has 0 saturated carbocycles. The lowest BCUT2D eigenvalue weighted by molar-refractivity contribution is -0.123. The van der Waals surface area contributed by atoms with Crippen molar-refractivity contribution >= 4 is 52.3 Å². The third-order valence-corrected chi connectivity index (χ3v) is 6.52. The summed E-state index contributed by atoms with van der Waals surface area (Å²) in [6, 6.07) is 14.2. The van der Waals surface area contributed by atoms with E-state index in [9.17, 15) is 23.1 Å². The van der Waals surface area contributed by atoms with E-state index in [1.165, 1.54) is 18.4 Å². The Morgan fingerprint density at radius 3 is 2.35 bits per heavy atom. The van der Waals surface area contributed by atoms with E-state index in [1.54, 1.807) is 36.6 Å². The first kappa shape index (κ1) is 30.5. The van der Waals surface area contributed by atoms with Crippen LogP contribution in [0.3, 0.4) is 0 Å². The molecule has 0 bridgehead atoms. The van der Waals surface area contributed by atoms with Gasteiger partial charge in [0.25, 0.3) is 0 Å². The smallest absolute Gasteiger partial charge is 0.412 e. The van der Waals surface area contributed by atoms with Gasteiger partial charge in [0.05, 0.1) is 25.4 Å². The number of hydrogen-bond donors (Lipinski definition) is 4. The summed E-state index contributed by atoms with van der Waals surface area (Å²) in [5, 5.41) is 10.2. The van der Waals surface area contributed by atoms with Gasteiger partial charge in [0, 0.05) is 11.8 Å². The molecule has 40 heavy (non-hydrogen) atoms. The monoisotopic (exact) mass is 590 g/mol. The van der Waals surface area contributed by atoms with Gasteiger partial charge in [-0.1, -0.05) is 42.5 Å². The van der Waals surface area contributed by atoms with E-state index in [1.807, 2.05) is 30.3 Å². The van der Waals surface area contributed by atoms with Crippen LogP contribution in [0.2, 0.25) is 0 Å². The van der Waals surface area contributed by atoms with E-state index in [-0.39, 0.29) is 25.3 Å². The number of nitrogens with one attached hydrogen (secondary N) is 4. The molecule has 13 nitrogen and oxygen atoms in total. The first-order valence-corrected chi connectivity index (χ1v) is 13.8. The third kappa shape index (κ3) is 9.92. The van der Waals surface area contributed by atoms with Crippen molar-refractivity contribution in [1.29, 1.82) is 0 Å². The van der Waals surface area contributed by atoms with Crippen LogP contribution in [0.25, 0.3) is 0 Å². The summed E-state index contributed by atoms with van der Waals surface area (Å²) in [6.45, 7) is 1.87. The van der Waals surface area contributed by atoms with Crippen LogP contribution in [0.1, 0.15) is 29.1 Å². The molecule has 0 aliphatic carbocycles. The lowest BCUT2D eigenvalue weighted by Crippen LogP contribution is -2.49. The third-order valence-electron chi connectivity index (χ3n) is 5.34. The van der Waals surface area contributed by atoms with Crippen LogP contribution in [0.5, 0.6) is 0 Å². The zero-order chi connectivity index (χ0) is 28.9. The summed E-state index contributed by atoms with van der Waals surface area (Å²) < 4.78 is 35.2. The van der Waals surface area contributed by atoms with Gasteiger partial charge in [0.1, 0.15) is 28.2 Å². The maximum absolute atomic E-state index is 13.5. The fourth-order valence-corrected chi connectivity index (χ4v) is 4.50. The van der Waals surface area contributed by atoms with Gasteiger partial charge in [-0.05, 0) is 36.6 Å². The standard InChI is InChI=1S/C25H29N5O8S2/c1-3-37-25(33)29-21-15-39-23(28-21)20(14-17-9-11-18(12-10-17)30-38-40(34)35)26-22(31)19(27-24(32)36-2)13-16-7-5-4-6-8-16/h4-12,15,19-20,30H,3,13-14H2,1-2H3,(H,26,31)(H,27,32)(H,29,33)(H,34,35)/p-1/t19-,20-/m0/s1. The van der Waals surface area contributed by atoms with Gasteiger partial charge in [0.15, 0.2) is 0 Å². The Morgan fingerprint density at radius 1 is 1.00 bits per heavy atom. The number of hydrogen-bond acceptors (Lipinski definition) is 11. The first-order valence-electron chi connectivity index (χ1n) is 12.0. The van der Waals surface area contributed by atoms with Gasteiger partial charge in [-0.25, -0.2) is 18.8 Å². The van der Waals surface area contributed by atoms with Crippen LogP contribution in [-0.4, -0.2) is 51.6 Å². The predicted molar refractivity (Wildman–Crippen MR) is 147 cm³/mol. The summed E-state index contributed by atoms with van der Waals surface area (Å²) in [6.07, 6.45) is -0.923. The highest BCUT2D eigenvalue weighted by Crippen LogP contribution is 2.26. The number of carbonyl (C=O) groups excluding carboxylic acids is 3. The molecule has 0 fully saturated rings. The summed E-state index contributed by atoms with van der Waals surface area (Å²) in [7, 11) is 1.21. The van der Waals surface area contributed by atoms with E-state index in [4.69, 9.17) is 9.47 Å². The van der Waals surface area contributed by atoms with Crippen LogP contribution < -0.4 is 21.4 Å². The fourth-order valence-electron chi connectivity index (χ4n) is 3.54. The molecular formula is C25H28N5O8S2-. The Kier molecular flexibility index (Phi) is 11.8. The van der Waals surface area contributed by atoms with E-state index < -0.39 is 41.5 Å². The Morgan fingerprint density at radius 2 is 1.70 bits per heavy atom. The molecule has 214 valence electrons. The number of ether oxygens (including phenoxy) is 2. The lowest BCUT2D eigenvalue weighted by atomic mass is 10.0. The zero-order valence-corrected chi connectivity index (χ0v) is 23.2. The largest absolute Gasteiger partial charge is 0.748 e. The van der Waals surface area contributed by atoms with E-state index in [0.29, 0.717) is 10.7 Å². The number of rotatable bonds is 13. The molecule has 0 saturated heterocycles. The van der Waals surface area contributed by atoms with Crippen molar-refractivity contribution in [1.82, 2.24) is 15.6 Å². The van der Waals surface area contributed by atoms with Crippen LogP contribution in [0.4, 0.5) is 21.1 Å². The molecule has 3 amide bonds. The number of anilines is 2. The number of carbonyl (C=O) groups is 3. The highest BCUT2D eigenvalue weighted by molar-refractivity contribution is 7.74. The van der Waals surface area contributed by atoms with Crippen molar-refractivity contribution in [3.05, 3.63) is 76.1 Å². The summed E-state index contributed by atoms with van der Waals surface area (Å²) in [5.74, 6) is -0.215. The summed E-state index contributed by atoms with van der Waals surface area (Å²) >= 11 is -1.52. The van der Waals surface area contributed by atoms with Gasteiger partial charge in [0.2, 0.25) is 5.91 Å². The first-order chi connectivity index (χ1) is 19.3. The topological polar surface area (TPSA) is 180 Å². The molecule has 3 rings (SSSR count). The minimum atomic E-state index is -2.73. The van der Waals surface area contributed by atoms with E-state index in [2.05, 4.69) is 30.7 Å². The number of aromatic nitrogens is 1. The number of nitrogens with zero attached hydrogens (tertiary/aromatic N) is 1. The van der Waals surface area contributed by atoms with Crippen molar-refractivity contribution in [3.8, 4) is 0 Å². The minimum Gasteiger partial charge on any atom is -0.748 e. The van der Waals surface area contributed by atoms with Crippen LogP contribution in [-0.2, 0) is 42.8 Å². The van der Waals surface area contributed by atoms with Crippen molar-refractivity contribution in [2.24, 2.45) is 0 Å². The number of methoxy groups -OCH3 is 1. The molecule has 1 heterocycles. The highest BCUT2D eigenvalue weighted by Gasteiger charge is 2.26. The van der Waals surface area contributed by atoms with Gasteiger partial charge in [-0.15, -0.1) is 11.3 Å². The molecule has 1 unspecified atom stereocenters. The van der Waals surface area contributed by atoms with Crippen molar-refractivity contribution < 1.29 is 36.9 Å². The minimum absolute atomic E-state index is 0.193. The zero-order valence-electron chi connectivity index (χ0n) is 21.6. The number of benzene rings is 2. The van der Waals surface area contributed by atoms with Crippen molar-refractivity contribution in [3.63, 3.8) is 0 Å². The quantitative estimate of drug-likeness (QED) is 0.170. The van der Waals surface area contributed by atoms with E-state index in [0.717, 1.165) is 11.1 Å². The van der Waals surface area contributed by atoms with Gasteiger partial charge in [-0.2, -0.15) is 4.28 Å². The van der Waals surface area contributed by atoms with Crippen LogP contribution in [0, 0.1) is 0 Å². The van der Waals surface area contributed by atoms with Gasteiger partial charge >= 0.3 is 12.2 Å². The van der Waals surface area contributed by atoms with Crippen molar-refractivity contribution in [2.45, 2.75) is 31.8 Å². The number of alkyl carbamates (subject to hydrolysis) is 1. The Bertz CT molecular complexity index is 1290. The van der Waals surface area contributed by atoms with Crippen LogP contribution >= 0.6 is 11.3 Å². The lowest BCUT2D eigenvalue weighted by Gasteiger charge is -2.22. The Hall–Kier alpha value is -4.05. The molecule has 2 aromatic carbocycles. The number of amides is 3. The summed E-state index contributed by atoms with van der Waals surface area (Å²) in [4.78, 5) is 41.8. The average Bonchev–Trinajstić information content (AvgIpc) is 3.40. The molecule has 0 radical (unpaired) electrons. The maximum Gasteiger partial charge on any atom is 0.412 e. The number of thiazole rings is 1.